The Hall–Kier alpha value is -2.82. The van der Waals surface area contributed by atoms with Crippen LogP contribution in [0.1, 0.15) is 52.5 Å². The van der Waals surface area contributed by atoms with E-state index in [1.165, 1.54) is 5.56 Å². The lowest BCUT2D eigenvalue weighted by Crippen LogP contribution is -2.32. The number of carbonyl (C=O) groups is 1. The van der Waals surface area contributed by atoms with Gasteiger partial charge in [-0.2, -0.15) is 5.10 Å². The number of benzene rings is 1. The van der Waals surface area contributed by atoms with Crippen LogP contribution < -0.4 is 5.32 Å². The third-order valence-electron chi connectivity index (χ3n) is 4.42. The summed E-state index contributed by atoms with van der Waals surface area (Å²) in [5, 5.41) is 7.57. The maximum absolute atomic E-state index is 12.5. The molecule has 0 saturated carbocycles. The number of carbonyl (C=O) groups excluding carboxylic acids is 1. The second kappa shape index (κ2) is 8.04. The molecular formula is C21H25N3O2. The van der Waals surface area contributed by atoms with Crippen molar-refractivity contribution in [3.8, 4) is 0 Å². The molecule has 26 heavy (non-hydrogen) atoms. The van der Waals surface area contributed by atoms with E-state index < -0.39 is 0 Å². The summed E-state index contributed by atoms with van der Waals surface area (Å²) in [5.74, 6) is 0.681. The van der Waals surface area contributed by atoms with E-state index in [0.29, 0.717) is 12.1 Å². The highest BCUT2D eigenvalue weighted by Crippen LogP contribution is 2.20. The molecule has 3 aromatic rings. The number of furan rings is 1. The monoisotopic (exact) mass is 351 g/mol. The minimum Gasteiger partial charge on any atom is -0.467 e. The molecule has 5 heteroatoms. The molecule has 0 fully saturated rings. The van der Waals surface area contributed by atoms with Gasteiger partial charge in [0.1, 0.15) is 11.8 Å². The second-order valence-corrected chi connectivity index (χ2v) is 6.56. The predicted molar refractivity (Wildman–Crippen MR) is 101 cm³/mol. The fourth-order valence-electron chi connectivity index (χ4n) is 3.15. The van der Waals surface area contributed by atoms with Gasteiger partial charge in [0.2, 0.25) is 0 Å². The number of nitrogens with zero attached hydrogens (tertiary/aromatic N) is 2. The molecule has 0 aliphatic heterocycles. The second-order valence-electron chi connectivity index (χ2n) is 6.56. The average Bonchev–Trinajstić information content (AvgIpc) is 3.26. The van der Waals surface area contributed by atoms with E-state index in [2.05, 4.69) is 17.3 Å². The summed E-state index contributed by atoms with van der Waals surface area (Å²) in [6, 6.07) is 13.4. The normalized spacial score (nSPS) is 12.1. The van der Waals surface area contributed by atoms with E-state index in [1.54, 1.807) is 6.26 Å². The van der Waals surface area contributed by atoms with Gasteiger partial charge in [-0.3, -0.25) is 9.48 Å². The fraction of sp³-hybridized carbons (Fsp3) is 0.333. The molecule has 5 nitrogen and oxygen atoms in total. The van der Waals surface area contributed by atoms with Gasteiger partial charge in [-0.05, 0) is 56.2 Å². The summed E-state index contributed by atoms with van der Waals surface area (Å²) >= 11 is 0. The number of aryl methyl sites for hydroxylation is 3. The van der Waals surface area contributed by atoms with E-state index in [0.717, 1.165) is 30.0 Å². The van der Waals surface area contributed by atoms with Gasteiger partial charge in [0, 0.05) is 17.8 Å². The van der Waals surface area contributed by atoms with E-state index >= 15 is 0 Å². The van der Waals surface area contributed by atoms with Crippen molar-refractivity contribution in [1.82, 2.24) is 15.1 Å². The van der Waals surface area contributed by atoms with Crippen LogP contribution in [0.3, 0.4) is 0 Å². The van der Waals surface area contributed by atoms with Gasteiger partial charge in [0.15, 0.2) is 0 Å². The van der Waals surface area contributed by atoms with Gasteiger partial charge in [-0.15, -0.1) is 0 Å². The van der Waals surface area contributed by atoms with Gasteiger partial charge in [-0.25, -0.2) is 0 Å². The standard InChI is InChI=1S/C21H25N3O2/c1-4-6-17-8-10-18(11-9-17)21(25)22-14-19(20-7-5-12-26-20)24-16(3)13-15(2)23-24/h5,7-13,19H,4,6,14H2,1-3H3,(H,22,25). The van der Waals surface area contributed by atoms with Crippen LogP contribution in [0, 0.1) is 13.8 Å². The molecule has 0 radical (unpaired) electrons. The molecule has 0 saturated heterocycles. The quantitative estimate of drug-likeness (QED) is 0.698. The Labute approximate surface area is 154 Å². The Morgan fingerprint density at radius 1 is 1.23 bits per heavy atom. The van der Waals surface area contributed by atoms with Crippen LogP contribution in [-0.2, 0) is 6.42 Å². The molecule has 3 rings (SSSR count). The highest BCUT2D eigenvalue weighted by atomic mass is 16.3. The summed E-state index contributed by atoms with van der Waals surface area (Å²) in [6.07, 6.45) is 3.77. The number of amides is 1. The first-order valence-corrected chi connectivity index (χ1v) is 9.01. The van der Waals surface area contributed by atoms with Crippen molar-refractivity contribution >= 4 is 5.91 Å². The van der Waals surface area contributed by atoms with Crippen molar-refractivity contribution in [2.45, 2.75) is 39.7 Å². The summed E-state index contributed by atoms with van der Waals surface area (Å²) in [5.41, 5.74) is 3.88. The molecule has 2 heterocycles. The zero-order valence-corrected chi connectivity index (χ0v) is 15.5. The molecule has 136 valence electrons. The largest absolute Gasteiger partial charge is 0.467 e. The molecule has 1 unspecified atom stereocenters. The molecule has 1 N–H and O–H groups in total. The highest BCUT2D eigenvalue weighted by molar-refractivity contribution is 5.94. The first-order chi connectivity index (χ1) is 12.6. The summed E-state index contributed by atoms with van der Waals surface area (Å²) < 4.78 is 7.48. The van der Waals surface area contributed by atoms with Crippen molar-refractivity contribution < 1.29 is 9.21 Å². The molecule has 1 aromatic carbocycles. The summed E-state index contributed by atoms with van der Waals surface area (Å²) in [7, 11) is 0. The molecule has 0 aliphatic rings. The minimum absolute atomic E-state index is 0.0915. The molecule has 2 aromatic heterocycles. The maximum atomic E-state index is 12.5. The van der Waals surface area contributed by atoms with Crippen molar-refractivity contribution in [3.05, 3.63) is 77.0 Å². The fourth-order valence-corrected chi connectivity index (χ4v) is 3.15. The Bertz CT molecular complexity index is 848. The topological polar surface area (TPSA) is 60.1 Å². The summed E-state index contributed by atoms with van der Waals surface area (Å²) in [6.45, 7) is 6.52. The smallest absolute Gasteiger partial charge is 0.251 e. The Balaban J connectivity index is 1.73. The molecule has 1 atom stereocenters. The molecule has 0 aliphatic carbocycles. The van der Waals surface area contributed by atoms with Crippen LogP contribution in [0.5, 0.6) is 0 Å². The number of rotatable bonds is 7. The minimum atomic E-state index is -0.179. The van der Waals surface area contributed by atoms with Crippen LogP contribution in [0.25, 0.3) is 0 Å². The predicted octanol–water partition coefficient (Wildman–Crippen LogP) is 4.06. The SMILES string of the molecule is CCCc1ccc(C(=O)NCC(c2ccco2)n2nc(C)cc2C)cc1. The molecule has 0 bridgehead atoms. The number of nitrogens with one attached hydrogen (secondary N) is 1. The summed E-state index contributed by atoms with van der Waals surface area (Å²) in [4.78, 5) is 12.5. The van der Waals surface area contributed by atoms with Gasteiger partial charge in [-0.1, -0.05) is 25.5 Å². The Kier molecular flexibility index (Phi) is 5.56. The zero-order valence-electron chi connectivity index (χ0n) is 15.5. The van der Waals surface area contributed by atoms with Crippen LogP contribution in [-0.4, -0.2) is 22.2 Å². The van der Waals surface area contributed by atoms with Crippen molar-refractivity contribution in [2.75, 3.05) is 6.54 Å². The third kappa shape index (κ3) is 4.04. The van der Waals surface area contributed by atoms with Crippen molar-refractivity contribution in [3.63, 3.8) is 0 Å². The lowest BCUT2D eigenvalue weighted by Gasteiger charge is -2.18. The van der Waals surface area contributed by atoms with E-state index in [4.69, 9.17) is 4.42 Å². The molecule has 0 spiro atoms. The zero-order chi connectivity index (χ0) is 18.5. The maximum Gasteiger partial charge on any atom is 0.251 e. The van der Waals surface area contributed by atoms with E-state index in [-0.39, 0.29) is 11.9 Å². The van der Waals surface area contributed by atoms with Crippen LogP contribution in [0.2, 0.25) is 0 Å². The van der Waals surface area contributed by atoms with Gasteiger partial charge in [0.05, 0.1) is 12.0 Å². The third-order valence-corrected chi connectivity index (χ3v) is 4.42. The van der Waals surface area contributed by atoms with Crippen molar-refractivity contribution in [1.29, 1.82) is 0 Å². The number of hydrogen-bond acceptors (Lipinski definition) is 3. The lowest BCUT2D eigenvalue weighted by atomic mass is 10.1. The van der Waals surface area contributed by atoms with Crippen LogP contribution in [0.15, 0.2) is 53.1 Å². The highest BCUT2D eigenvalue weighted by Gasteiger charge is 2.21. The average molecular weight is 351 g/mol. The first-order valence-electron chi connectivity index (χ1n) is 9.01. The number of aromatic nitrogens is 2. The van der Waals surface area contributed by atoms with Gasteiger partial charge < -0.3 is 9.73 Å². The van der Waals surface area contributed by atoms with Crippen LogP contribution >= 0.6 is 0 Å². The number of hydrogen-bond donors (Lipinski definition) is 1. The van der Waals surface area contributed by atoms with Gasteiger partial charge >= 0.3 is 0 Å². The lowest BCUT2D eigenvalue weighted by molar-refractivity contribution is 0.0948. The van der Waals surface area contributed by atoms with E-state index in [9.17, 15) is 4.79 Å². The Morgan fingerprint density at radius 3 is 2.58 bits per heavy atom. The molecular weight excluding hydrogens is 326 g/mol. The van der Waals surface area contributed by atoms with E-state index in [1.807, 2.05) is 61.0 Å². The van der Waals surface area contributed by atoms with Crippen LogP contribution in [0.4, 0.5) is 0 Å². The first kappa shape index (κ1) is 18.0. The van der Waals surface area contributed by atoms with Gasteiger partial charge in [0.25, 0.3) is 5.91 Å². The Morgan fingerprint density at radius 2 is 2.00 bits per heavy atom. The molecule has 1 amide bonds. The van der Waals surface area contributed by atoms with Crippen molar-refractivity contribution in [2.24, 2.45) is 0 Å².